The summed E-state index contributed by atoms with van der Waals surface area (Å²) in [7, 11) is 0. The molecule has 0 aliphatic heterocycles. The van der Waals surface area contributed by atoms with Gasteiger partial charge in [-0.2, -0.15) is 0 Å². The summed E-state index contributed by atoms with van der Waals surface area (Å²) in [5, 5.41) is 9.07. The Morgan fingerprint density at radius 2 is 0.590 bits per heavy atom. The topological polar surface area (TPSA) is 87.3 Å². The number of nitrogens with one attached hydrogen (secondary N) is 3. The number of amides is 3. The van der Waals surface area contributed by atoms with Crippen LogP contribution in [0.15, 0.2) is 72.8 Å². The number of aryl methyl sites for hydroxylation is 3. The number of hydrogen-bond donors (Lipinski definition) is 3. The monoisotopic (exact) mass is 519 g/mol. The lowest BCUT2D eigenvalue weighted by molar-refractivity contribution is 0.101. The second-order valence-electron chi connectivity index (χ2n) is 9.96. The van der Waals surface area contributed by atoms with E-state index < -0.39 is 0 Å². The molecule has 0 aliphatic rings. The first-order valence-corrected chi connectivity index (χ1v) is 12.8. The highest BCUT2D eigenvalue weighted by Crippen LogP contribution is 2.39. The van der Waals surface area contributed by atoms with Gasteiger partial charge in [0.15, 0.2) is 0 Å². The van der Waals surface area contributed by atoms with Crippen molar-refractivity contribution < 1.29 is 14.4 Å². The SMILES string of the molecule is Cc1ccc(C(=O)Nc2c(C)c(NC(=O)c3ccc(C)cc3)c(C)c(NC(=O)c3ccc(C)cc3)c2C)cc1. The van der Waals surface area contributed by atoms with E-state index in [1.807, 2.05) is 77.9 Å². The second-order valence-corrected chi connectivity index (χ2v) is 9.96. The number of carbonyl (C=O) groups is 3. The molecular weight excluding hydrogens is 486 g/mol. The van der Waals surface area contributed by atoms with Gasteiger partial charge in [-0.25, -0.2) is 0 Å². The fourth-order valence-electron chi connectivity index (χ4n) is 4.45. The highest BCUT2D eigenvalue weighted by Gasteiger charge is 2.22. The van der Waals surface area contributed by atoms with E-state index in [0.29, 0.717) is 50.4 Å². The van der Waals surface area contributed by atoms with Crippen LogP contribution in [0.2, 0.25) is 0 Å². The Balaban J connectivity index is 1.77. The van der Waals surface area contributed by atoms with E-state index in [9.17, 15) is 14.4 Å². The molecule has 0 spiro atoms. The Hall–Kier alpha value is -4.71. The Labute approximate surface area is 229 Å². The predicted octanol–water partition coefficient (Wildman–Crippen LogP) is 7.29. The molecule has 0 bridgehead atoms. The van der Waals surface area contributed by atoms with Gasteiger partial charge in [-0.1, -0.05) is 53.1 Å². The van der Waals surface area contributed by atoms with E-state index in [1.165, 1.54) is 0 Å². The van der Waals surface area contributed by atoms with Crippen molar-refractivity contribution in [2.75, 3.05) is 16.0 Å². The maximum atomic E-state index is 13.2. The lowest BCUT2D eigenvalue weighted by atomic mass is 9.97. The van der Waals surface area contributed by atoms with Crippen molar-refractivity contribution in [3.05, 3.63) is 123 Å². The molecule has 4 aromatic carbocycles. The van der Waals surface area contributed by atoms with Gasteiger partial charge in [0.25, 0.3) is 17.7 Å². The first-order chi connectivity index (χ1) is 18.5. The zero-order valence-corrected chi connectivity index (χ0v) is 23.2. The first kappa shape index (κ1) is 27.3. The van der Waals surface area contributed by atoms with Gasteiger partial charge in [-0.05, 0) is 94.6 Å². The number of benzene rings is 4. The van der Waals surface area contributed by atoms with E-state index in [0.717, 1.165) is 16.7 Å². The van der Waals surface area contributed by atoms with Crippen molar-refractivity contribution in [2.24, 2.45) is 0 Å². The van der Waals surface area contributed by atoms with E-state index in [-0.39, 0.29) is 17.7 Å². The minimum atomic E-state index is -0.281. The van der Waals surface area contributed by atoms with Crippen molar-refractivity contribution in [3.63, 3.8) is 0 Å². The highest BCUT2D eigenvalue weighted by atomic mass is 16.2. The zero-order chi connectivity index (χ0) is 28.3. The van der Waals surface area contributed by atoms with Crippen LogP contribution in [-0.4, -0.2) is 17.7 Å². The molecule has 4 aromatic rings. The van der Waals surface area contributed by atoms with Crippen molar-refractivity contribution in [2.45, 2.75) is 41.5 Å². The molecular formula is C33H33N3O3. The Kier molecular flexibility index (Phi) is 7.96. The average molecular weight is 520 g/mol. The normalized spacial score (nSPS) is 10.6. The summed E-state index contributed by atoms with van der Waals surface area (Å²) in [5.41, 5.74) is 8.36. The van der Waals surface area contributed by atoms with Crippen molar-refractivity contribution in [1.29, 1.82) is 0 Å². The molecule has 0 radical (unpaired) electrons. The number of anilines is 3. The molecule has 3 N–H and O–H groups in total. The summed E-state index contributed by atoms with van der Waals surface area (Å²) < 4.78 is 0. The van der Waals surface area contributed by atoms with Crippen LogP contribution in [0.4, 0.5) is 17.1 Å². The quantitative estimate of drug-likeness (QED) is 0.250. The molecule has 3 amide bonds. The molecule has 6 nitrogen and oxygen atoms in total. The number of carbonyl (C=O) groups excluding carboxylic acids is 3. The van der Waals surface area contributed by atoms with E-state index in [4.69, 9.17) is 0 Å². The van der Waals surface area contributed by atoms with E-state index >= 15 is 0 Å². The van der Waals surface area contributed by atoms with Crippen LogP contribution in [-0.2, 0) is 0 Å². The molecule has 0 saturated carbocycles. The Bertz CT molecular complexity index is 1340. The summed E-state index contributed by atoms with van der Waals surface area (Å²) in [6.07, 6.45) is 0. The maximum Gasteiger partial charge on any atom is 0.255 e. The van der Waals surface area contributed by atoms with Crippen molar-refractivity contribution in [1.82, 2.24) is 0 Å². The third-order valence-electron chi connectivity index (χ3n) is 6.91. The van der Waals surface area contributed by atoms with Gasteiger partial charge < -0.3 is 16.0 Å². The van der Waals surface area contributed by atoms with Crippen LogP contribution in [0.5, 0.6) is 0 Å². The summed E-state index contributed by atoms with van der Waals surface area (Å²) in [6, 6.07) is 21.9. The maximum absolute atomic E-state index is 13.2. The first-order valence-electron chi connectivity index (χ1n) is 12.8. The van der Waals surface area contributed by atoms with Gasteiger partial charge >= 0.3 is 0 Å². The summed E-state index contributed by atoms with van der Waals surface area (Å²) in [4.78, 5) is 39.6. The van der Waals surface area contributed by atoms with Crippen LogP contribution in [0.1, 0.15) is 64.5 Å². The molecule has 0 atom stereocenters. The molecule has 6 heteroatoms. The summed E-state index contributed by atoms with van der Waals surface area (Å²) in [6.45, 7) is 11.4. The van der Waals surface area contributed by atoms with Crippen LogP contribution in [0.25, 0.3) is 0 Å². The van der Waals surface area contributed by atoms with Crippen LogP contribution in [0.3, 0.4) is 0 Å². The molecule has 0 fully saturated rings. The lowest BCUT2D eigenvalue weighted by Crippen LogP contribution is -2.21. The van der Waals surface area contributed by atoms with Gasteiger partial charge in [-0.15, -0.1) is 0 Å². The molecule has 0 aromatic heterocycles. The third kappa shape index (κ3) is 6.07. The molecule has 0 saturated heterocycles. The average Bonchev–Trinajstić information content (AvgIpc) is 2.92. The van der Waals surface area contributed by atoms with E-state index in [1.54, 1.807) is 36.4 Å². The van der Waals surface area contributed by atoms with Crippen molar-refractivity contribution in [3.8, 4) is 0 Å². The highest BCUT2D eigenvalue weighted by molar-refractivity contribution is 6.11. The fraction of sp³-hybridized carbons (Fsp3) is 0.182. The van der Waals surface area contributed by atoms with Gasteiger partial charge in [0.1, 0.15) is 0 Å². The summed E-state index contributed by atoms with van der Waals surface area (Å²) in [5.74, 6) is -0.843. The molecule has 0 unspecified atom stereocenters. The predicted molar refractivity (Wildman–Crippen MR) is 158 cm³/mol. The molecule has 0 aliphatic carbocycles. The largest absolute Gasteiger partial charge is 0.321 e. The Morgan fingerprint density at radius 1 is 0.385 bits per heavy atom. The van der Waals surface area contributed by atoms with Crippen LogP contribution < -0.4 is 16.0 Å². The molecule has 198 valence electrons. The summed E-state index contributed by atoms with van der Waals surface area (Å²) >= 11 is 0. The lowest BCUT2D eigenvalue weighted by Gasteiger charge is -2.23. The van der Waals surface area contributed by atoms with Gasteiger partial charge in [0.2, 0.25) is 0 Å². The molecule has 0 heterocycles. The standard InChI is InChI=1S/C33H33N3O3/c1-19-7-13-25(14-8-19)31(37)34-28-22(4)29(35-32(38)26-15-9-20(2)10-16-26)24(6)30(23(28)5)36-33(39)27-17-11-21(3)12-18-27/h7-18H,1-6H3,(H,34,37)(H,35,38)(H,36,39). The van der Waals surface area contributed by atoms with Gasteiger partial charge in [0, 0.05) is 16.7 Å². The Morgan fingerprint density at radius 3 is 0.795 bits per heavy atom. The van der Waals surface area contributed by atoms with E-state index in [2.05, 4.69) is 16.0 Å². The second kappa shape index (κ2) is 11.4. The third-order valence-corrected chi connectivity index (χ3v) is 6.91. The minimum absolute atomic E-state index is 0.281. The van der Waals surface area contributed by atoms with Crippen LogP contribution in [0, 0.1) is 41.5 Å². The fourth-order valence-corrected chi connectivity index (χ4v) is 4.45. The van der Waals surface area contributed by atoms with Gasteiger partial charge in [0.05, 0.1) is 17.1 Å². The number of hydrogen-bond acceptors (Lipinski definition) is 3. The minimum Gasteiger partial charge on any atom is -0.321 e. The molecule has 39 heavy (non-hydrogen) atoms. The van der Waals surface area contributed by atoms with Gasteiger partial charge in [-0.3, -0.25) is 14.4 Å². The van der Waals surface area contributed by atoms with Crippen LogP contribution >= 0.6 is 0 Å². The smallest absolute Gasteiger partial charge is 0.255 e. The zero-order valence-electron chi connectivity index (χ0n) is 23.2. The van der Waals surface area contributed by atoms with Crippen molar-refractivity contribution >= 4 is 34.8 Å². The number of rotatable bonds is 6. The molecule has 4 rings (SSSR count).